The van der Waals surface area contributed by atoms with Crippen molar-refractivity contribution in [2.24, 2.45) is 0 Å². The van der Waals surface area contributed by atoms with E-state index >= 15 is 0 Å². The topological polar surface area (TPSA) is 101 Å². The molecular formula is C23H18N2O5S. The van der Waals surface area contributed by atoms with Crippen LogP contribution in [0.15, 0.2) is 58.3 Å². The van der Waals surface area contributed by atoms with Gasteiger partial charge in [0.2, 0.25) is 5.78 Å². The number of hydrogen-bond donors (Lipinski definition) is 1. The summed E-state index contributed by atoms with van der Waals surface area (Å²) in [4.78, 5) is 43.0. The summed E-state index contributed by atoms with van der Waals surface area (Å²) in [5.41, 5.74) is 2.71. The molecule has 1 N–H and O–H groups in total. The SMILES string of the molecule is CN(C)C(=O)c1ccc(-c2scc(CC(=O)c3nc4ccccc4o3)c2C(=O)O)cc1. The van der Waals surface area contributed by atoms with Crippen molar-refractivity contribution in [2.75, 3.05) is 14.1 Å². The quantitative estimate of drug-likeness (QED) is 0.452. The van der Waals surface area contributed by atoms with E-state index in [2.05, 4.69) is 4.98 Å². The number of aromatic nitrogens is 1. The number of ketones is 1. The molecule has 0 spiro atoms. The molecule has 31 heavy (non-hydrogen) atoms. The van der Waals surface area contributed by atoms with E-state index in [-0.39, 0.29) is 23.8 Å². The minimum absolute atomic E-state index is 0.0446. The Kier molecular flexibility index (Phi) is 5.39. The van der Waals surface area contributed by atoms with Crippen LogP contribution in [-0.2, 0) is 6.42 Å². The number of carboxylic acids is 1. The molecule has 4 rings (SSSR count). The lowest BCUT2D eigenvalue weighted by Crippen LogP contribution is -2.21. The maximum atomic E-state index is 12.7. The molecule has 0 aliphatic carbocycles. The van der Waals surface area contributed by atoms with Crippen molar-refractivity contribution in [3.8, 4) is 10.4 Å². The number of amides is 1. The number of Topliss-reactive ketones (excluding diaryl/α,β-unsaturated/α-hetero) is 1. The Bertz CT molecular complexity index is 1270. The molecule has 0 bridgehead atoms. The smallest absolute Gasteiger partial charge is 0.337 e. The summed E-state index contributed by atoms with van der Waals surface area (Å²) in [6.45, 7) is 0. The van der Waals surface area contributed by atoms with Crippen LogP contribution in [0.4, 0.5) is 0 Å². The lowest BCUT2D eigenvalue weighted by molar-refractivity contribution is 0.0696. The van der Waals surface area contributed by atoms with Gasteiger partial charge in [-0.3, -0.25) is 9.59 Å². The van der Waals surface area contributed by atoms with Crippen molar-refractivity contribution in [2.45, 2.75) is 6.42 Å². The summed E-state index contributed by atoms with van der Waals surface area (Å²) >= 11 is 1.24. The second-order valence-corrected chi connectivity index (χ2v) is 8.01. The summed E-state index contributed by atoms with van der Waals surface area (Å²) in [5, 5.41) is 11.5. The first-order valence-corrected chi connectivity index (χ1v) is 10.3. The van der Waals surface area contributed by atoms with Gasteiger partial charge in [-0.25, -0.2) is 9.78 Å². The first kappa shape index (κ1) is 20.5. The highest BCUT2D eigenvalue weighted by molar-refractivity contribution is 7.14. The van der Waals surface area contributed by atoms with E-state index in [1.807, 2.05) is 0 Å². The van der Waals surface area contributed by atoms with E-state index < -0.39 is 11.8 Å². The molecule has 0 fully saturated rings. The largest absolute Gasteiger partial charge is 0.478 e. The molecule has 7 nitrogen and oxygen atoms in total. The Balaban J connectivity index is 1.64. The molecule has 8 heteroatoms. The Morgan fingerprint density at radius 3 is 2.42 bits per heavy atom. The van der Waals surface area contributed by atoms with E-state index in [0.717, 1.165) is 0 Å². The summed E-state index contributed by atoms with van der Waals surface area (Å²) in [6, 6.07) is 13.8. The normalized spacial score (nSPS) is 10.9. The molecule has 2 heterocycles. The number of carbonyl (C=O) groups excluding carboxylic acids is 2. The third-order valence-electron chi connectivity index (χ3n) is 4.76. The van der Waals surface area contributed by atoms with Crippen LogP contribution < -0.4 is 0 Å². The predicted octanol–water partition coefficient (Wildman–Crippen LogP) is 4.38. The molecule has 0 saturated heterocycles. The molecule has 156 valence electrons. The van der Waals surface area contributed by atoms with Crippen LogP contribution in [0, 0.1) is 0 Å². The van der Waals surface area contributed by atoms with Gasteiger partial charge in [0, 0.05) is 31.0 Å². The number of rotatable bonds is 6. The number of oxazole rings is 1. The molecule has 0 atom stereocenters. The van der Waals surface area contributed by atoms with Crippen molar-refractivity contribution in [1.29, 1.82) is 0 Å². The van der Waals surface area contributed by atoms with Gasteiger partial charge in [-0.15, -0.1) is 11.3 Å². The van der Waals surface area contributed by atoms with Gasteiger partial charge in [-0.1, -0.05) is 24.3 Å². The van der Waals surface area contributed by atoms with Crippen molar-refractivity contribution < 1.29 is 23.9 Å². The summed E-state index contributed by atoms with van der Waals surface area (Å²) in [7, 11) is 3.33. The minimum Gasteiger partial charge on any atom is -0.478 e. The van der Waals surface area contributed by atoms with E-state index in [0.29, 0.717) is 32.7 Å². The van der Waals surface area contributed by atoms with Gasteiger partial charge in [0.1, 0.15) is 5.52 Å². The molecule has 0 saturated carbocycles. The molecule has 1 amide bonds. The average molecular weight is 434 g/mol. The highest BCUT2D eigenvalue weighted by atomic mass is 32.1. The van der Waals surface area contributed by atoms with Gasteiger partial charge in [-0.05, 0) is 40.8 Å². The van der Waals surface area contributed by atoms with Crippen LogP contribution in [0.1, 0.15) is 37.0 Å². The molecule has 0 unspecified atom stereocenters. The van der Waals surface area contributed by atoms with Crippen LogP contribution in [0.3, 0.4) is 0 Å². The number of thiophene rings is 1. The zero-order valence-electron chi connectivity index (χ0n) is 16.8. The Morgan fingerprint density at radius 1 is 1.06 bits per heavy atom. The molecular weight excluding hydrogens is 416 g/mol. The summed E-state index contributed by atoms with van der Waals surface area (Å²) < 4.78 is 5.51. The standard InChI is InChI=1S/C23H18N2O5S/c1-25(2)22(27)14-9-7-13(8-10-14)20-19(23(28)29)15(12-31-20)11-17(26)21-24-16-5-3-4-6-18(16)30-21/h3-10,12H,11H2,1-2H3,(H,28,29). The number of carboxylic acid groups (broad SMARTS) is 1. The zero-order valence-corrected chi connectivity index (χ0v) is 17.6. The number of fused-ring (bicyclic) bond motifs is 1. The molecule has 4 aromatic rings. The van der Waals surface area contributed by atoms with Gasteiger partial charge in [0.05, 0.1) is 5.56 Å². The molecule has 2 aromatic heterocycles. The lowest BCUT2D eigenvalue weighted by atomic mass is 10.0. The Hall–Kier alpha value is -3.78. The number of aromatic carboxylic acids is 1. The van der Waals surface area contributed by atoms with Gasteiger partial charge >= 0.3 is 5.97 Å². The van der Waals surface area contributed by atoms with E-state index in [1.54, 1.807) is 68.0 Å². The van der Waals surface area contributed by atoms with E-state index in [9.17, 15) is 19.5 Å². The Labute approximate surface area is 181 Å². The highest BCUT2D eigenvalue weighted by Crippen LogP contribution is 2.34. The average Bonchev–Trinajstić information content (AvgIpc) is 3.37. The van der Waals surface area contributed by atoms with Crippen LogP contribution in [-0.4, -0.2) is 46.7 Å². The maximum Gasteiger partial charge on any atom is 0.337 e. The highest BCUT2D eigenvalue weighted by Gasteiger charge is 2.24. The van der Waals surface area contributed by atoms with Gasteiger partial charge in [0.15, 0.2) is 5.58 Å². The summed E-state index contributed by atoms with van der Waals surface area (Å²) in [5.74, 6) is -1.70. The van der Waals surface area contributed by atoms with Gasteiger partial charge < -0.3 is 14.4 Å². The second-order valence-electron chi connectivity index (χ2n) is 7.13. The Morgan fingerprint density at radius 2 is 1.77 bits per heavy atom. The first-order chi connectivity index (χ1) is 14.8. The number of hydrogen-bond acceptors (Lipinski definition) is 6. The van der Waals surface area contributed by atoms with E-state index in [4.69, 9.17) is 4.42 Å². The number of benzene rings is 2. The fourth-order valence-electron chi connectivity index (χ4n) is 3.23. The third-order valence-corrected chi connectivity index (χ3v) is 5.84. The van der Waals surface area contributed by atoms with Crippen LogP contribution >= 0.6 is 11.3 Å². The third kappa shape index (κ3) is 3.97. The number of carbonyl (C=O) groups is 3. The van der Waals surface area contributed by atoms with Gasteiger partial charge in [-0.2, -0.15) is 0 Å². The van der Waals surface area contributed by atoms with Crippen molar-refractivity contribution >= 4 is 40.1 Å². The molecule has 0 aliphatic rings. The van der Waals surface area contributed by atoms with Gasteiger partial charge in [0.25, 0.3) is 11.8 Å². The first-order valence-electron chi connectivity index (χ1n) is 9.39. The monoisotopic (exact) mass is 434 g/mol. The van der Waals surface area contributed by atoms with Crippen LogP contribution in [0.2, 0.25) is 0 Å². The zero-order chi connectivity index (χ0) is 22.1. The fourth-order valence-corrected chi connectivity index (χ4v) is 4.30. The van der Waals surface area contributed by atoms with Crippen molar-refractivity contribution in [3.05, 3.63) is 76.5 Å². The summed E-state index contributed by atoms with van der Waals surface area (Å²) in [6.07, 6.45) is -0.137. The van der Waals surface area contributed by atoms with Crippen molar-refractivity contribution in [1.82, 2.24) is 9.88 Å². The second kappa shape index (κ2) is 8.16. The number of para-hydroxylation sites is 2. The predicted molar refractivity (Wildman–Crippen MR) is 117 cm³/mol. The molecule has 0 radical (unpaired) electrons. The van der Waals surface area contributed by atoms with Crippen LogP contribution in [0.5, 0.6) is 0 Å². The number of nitrogens with zero attached hydrogens (tertiary/aromatic N) is 2. The molecule has 2 aromatic carbocycles. The minimum atomic E-state index is -1.12. The van der Waals surface area contributed by atoms with Crippen LogP contribution in [0.25, 0.3) is 21.5 Å². The fraction of sp³-hybridized carbons (Fsp3) is 0.130. The molecule has 0 aliphatic heterocycles. The lowest BCUT2D eigenvalue weighted by Gasteiger charge is -2.10. The van der Waals surface area contributed by atoms with E-state index in [1.165, 1.54) is 16.2 Å². The van der Waals surface area contributed by atoms with Crippen molar-refractivity contribution in [3.63, 3.8) is 0 Å². The maximum absolute atomic E-state index is 12.7.